The highest BCUT2D eigenvalue weighted by atomic mass is 19.1. The third kappa shape index (κ3) is 9.71. The minimum absolute atomic E-state index is 0.0530. The fourth-order valence-corrected chi connectivity index (χ4v) is 9.53. The van der Waals surface area contributed by atoms with Crippen molar-refractivity contribution in [2.24, 2.45) is 0 Å². The van der Waals surface area contributed by atoms with Crippen LogP contribution in [-0.4, -0.2) is 114 Å². The number of carbonyl (C=O) groups excluding carboxylic acids is 3. The van der Waals surface area contributed by atoms with Gasteiger partial charge < -0.3 is 25.4 Å². The lowest BCUT2D eigenvalue weighted by atomic mass is 9.91. The summed E-state index contributed by atoms with van der Waals surface area (Å²) in [6.45, 7) is 10.9. The van der Waals surface area contributed by atoms with E-state index in [1.54, 1.807) is 4.90 Å². The molecule has 4 N–H and O–H groups in total. The van der Waals surface area contributed by atoms with E-state index in [0.717, 1.165) is 81.2 Å². The predicted octanol–water partition coefficient (Wildman–Crippen LogP) is 6.52. The number of imide groups is 1. The van der Waals surface area contributed by atoms with Crippen molar-refractivity contribution in [2.45, 2.75) is 121 Å². The van der Waals surface area contributed by atoms with E-state index >= 15 is 8.78 Å². The number of nitrogens with zero attached hydrogens (tertiary/aromatic N) is 10. The van der Waals surface area contributed by atoms with Crippen LogP contribution in [0.25, 0.3) is 33.8 Å². The van der Waals surface area contributed by atoms with Crippen LogP contribution in [0.4, 0.5) is 26.0 Å². The van der Waals surface area contributed by atoms with Crippen molar-refractivity contribution in [1.82, 2.24) is 50.0 Å². The minimum atomic E-state index is -0.719. The smallest absolute Gasteiger partial charge is 0.249 e. The molecule has 3 amide bonds. The maximum absolute atomic E-state index is 15.1. The molecule has 350 valence electrons. The van der Waals surface area contributed by atoms with E-state index in [9.17, 15) is 14.4 Å². The number of hydrogen-bond donors (Lipinski definition) is 3. The van der Waals surface area contributed by atoms with Gasteiger partial charge in [-0.25, -0.2) is 33.4 Å². The number of unbranched alkanes of at least 4 members (excludes halogenated alkanes) is 4. The van der Waals surface area contributed by atoms with Crippen LogP contribution in [0, 0.1) is 11.6 Å². The van der Waals surface area contributed by atoms with E-state index in [1.165, 1.54) is 18.5 Å². The Hall–Kier alpha value is -6.11. The molecule has 0 unspecified atom stereocenters. The Balaban J connectivity index is 0.693. The van der Waals surface area contributed by atoms with E-state index < -0.39 is 23.6 Å². The predicted molar refractivity (Wildman–Crippen MR) is 244 cm³/mol. The number of amides is 3. The normalized spacial score (nSPS) is 18.9. The van der Waals surface area contributed by atoms with E-state index in [0.29, 0.717) is 79.8 Å². The van der Waals surface area contributed by atoms with E-state index in [2.05, 4.69) is 51.4 Å². The summed E-state index contributed by atoms with van der Waals surface area (Å²) < 4.78 is 38.1. The number of fused-ring (bicyclic) bond motifs is 1. The molecule has 19 heteroatoms. The SMILES string of the molecule is CC(C)(C)n1nc(-c2noc(C3CC3)c2-c2ncc(C3CCN(C(=O)CCCCCCCN4CCN(c5c(F)cc(N[C@H]6CCC(=O)NC6=O)cc5F)CC4)CC3)cn2)c2c(N)ncnc21. The first-order chi connectivity index (χ1) is 31.8. The number of carbonyl (C=O) groups is 3. The van der Waals surface area contributed by atoms with Gasteiger partial charge in [0.15, 0.2) is 28.9 Å². The Labute approximate surface area is 382 Å². The lowest BCUT2D eigenvalue weighted by Crippen LogP contribution is -2.47. The quantitative estimate of drug-likeness (QED) is 0.0756. The molecule has 0 bridgehead atoms. The van der Waals surface area contributed by atoms with E-state index in [4.69, 9.17) is 25.3 Å². The summed E-state index contributed by atoms with van der Waals surface area (Å²) in [6.07, 6.45) is 15.0. The number of piperidine rings is 2. The summed E-state index contributed by atoms with van der Waals surface area (Å²) in [5.74, 6) is 0.106. The highest BCUT2D eigenvalue weighted by Crippen LogP contribution is 2.48. The molecule has 1 saturated carbocycles. The van der Waals surface area contributed by atoms with Gasteiger partial charge >= 0.3 is 0 Å². The molecule has 0 spiro atoms. The fourth-order valence-electron chi connectivity index (χ4n) is 9.53. The Morgan fingerprint density at radius 1 is 0.864 bits per heavy atom. The second-order valence-electron chi connectivity index (χ2n) is 19.2. The van der Waals surface area contributed by atoms with Gasteiger partial charge in [0.1, 0.15) is 35.3 Å². The third-order valence-corrected chi connectivity index (χ3v) is 13.4. The zero-order valence-electron chi connectivity index (χ0n) is 38.0. The summed E-state index contributed by atoms with van der Waals surface area (Å²) in [4.78, 5) is 61.3. The second kappa shape index (κ2) is 19.0. The highest BCUT2D eigenvalue weighted by Gasteiger charge is 2.37. The van der Waals surface area contributed by atoms with Gasteiger partial charge in [0.05, 0.1) is 16.5 Å². The summed E-state index contributed by atoms with van der Waals surface area (Å²) in [7, 11) is 0. The van der Waals surface area contributed by atoms with Crippen molar-refractivity contribution >= 4 is 45.9 Å². The van der Waals surface area contributed by atoms with E-state index in [1.807, 2.05) is 22.0 Å². The average Bonchev–Trinajstić information content (AvgIpc) is 3.91. The Morgan fingerprint density at radius 2 is 1.56 bits per heavy atom. The molecular formula is C47H59F2N13O4. The topological polar surface area (TPSA) is 206 Å². The van der Waals surface area contributed by atoms with Crippen LogP contribution in [0.1, 0.15) is 121 Å². The molecule has 4 fully saturated rings. The minimum Gasteiger partial charge on any atom is -0.383 e. The van der Waals surface area contributed by atoms with Gasteiger partial charge in [-0.05, 0) is 95.9 Å². The van der Waals surface area contributed by atoms with Gasteiger partial charge in [0, 0.05) is 76.1 Å². The molecule has 17 nitrogen and oxygen atoms in total. The summed E-state index contributed by atoms with van der Waals surface area (Å²) >= 11 is 0. The molecule has 7 heterocycles. The number of piperazine rings is 1. The summed E-state index contributed by atoms with van der Waals surface area (Å²) in [5, 5.41) is 15.2. The van der Waals surface area contributed by atoms with Crippen LogP contribution in [0.3, 0.4) is 0 Å². The van der Waals surface area contributed by atoms with Crippen molar-refractivity contribution in [3.8, 4) is 22.8 Å². The summed E-state index contributed by atoms with van der Waals surface area (Å²) in [6, 6.07) is 1.70. The highest BCUT2D eigenvalue weighted by molar-refractivity contribution is 6.02. The maximum atomic E-state index is 15.1. The Kier molecular flexibility index (Phi) is 13.0. The van der Waals surface area contributed by atoms with Gasteiger partial charge in [-0.3, -0.25) is 24.6 Å². The van der Waals surface area contributed by atoms with Crippen molar-refractivity contribution in [3.05, 3.63) is 53.8 Å². The number of nitrogens with one attached hydrogen (secondary N) is 2. The molecule has 4 aromatic heterocycles. The van der Waals surface area contributed by atoms with Crippen LogP contribution in [-0.2, 0) is 19.9 Å². The van der Waals surface area contributed by atoms with Crippen LogP contribution in [0.2, 0.25) is 0 Å². The molecule has 66 heavy (non-hydrogen) atoms. The molecular weight excluding hydrogens is 849 g/mol. The molecule has 1 aliphatic carbocycles. The Morgan fingerprint density at radius 3 is 2.24 bits per heavy atom. The second-order valence-corrected chi connectivity index (χ2v) is 19.2. The van der Waals surface area contributed by atoms with Crippen LogP contribution < -0.4 is 21.3 Å². The first kappa shape index (κ1) is 45.1. The van der Waals surface area contributed by atoms with Gasteiger partial charge in [-0.15, -0.1) is 0 Å². The van der Waals surface area contributed by atoms with Crippen molar-refractivity contribution in [3.63, 3.8) is 0 Å². The molecule has 4 aliphatic rings. The Bertz CT molecular complexity index is 2550. The standard InChI is InChI=1S/C47H59F2N13O4/c1-47(2,3)62-45-38(43(50)53-27-54-45)39(57-62)40-37(42(66-58-40)29-10-11-29)44-51-25-30(26-52-44)28-14-17-60(18-15-28)36(64)9-7-5-4-6-8-16-59-19-21-61(22-20-59)41-32(48)23-31(24-33(41)49)55-34-12-13-35(63)56-46(34)65/h23-29,34,55H,4-22H2,1-3H3,(H2,50,53,54)(H,56,63,65)/t34-/m0/s1. The number of anilines is 3. The summed E-state index contributed by atoms with van der Waals surface area (Å²) in [5.41, 5.74) is 9.62. The zero-order valence-corrected chi connectivity index (χ0v) is 38.0. The van der Waals surface area contributed by atoms with Crippen LogP contribution in [0.15, 0.2) is 35.4 Å². The molecule has 3 aliphatic heterocycles. The van der Waals surface area contributed by atoms with E-state index in [-0.39, 0.29) is 53.4 Å². The number of nitrogen functional groups attached to an aromatic ring is 1. The monoisotopic (exact) mass is 907 g/mol. The van der Waals surface area contributed by atoms with Gasteiger partial charge in [0.2, 0.25) is 17.7 Å². The van der Waals surface area contributed by atoms with Gasteiger partial charge in [0.25, 0.3) is 0 Å². The fraction of sp³-hybridized carbons (Fsp3) is 0.553. The first-order valence-electron chi connectivity index (χ1n) is 23.5. The molecule has 3 saturated heterocycles. The number of halogens is 2. The van der Waals surface area contributed by atoms with Crippen molar-refractivity contribution in [2.75, 3.05) is 61.8 Å². The molecule has 5 aromatic rings. The molecule has 0 radical (unpaired) electrons. The maximum Gasteiger partial charge on any atom is 0.249 e. The van der Waals surface area contributed by atoms with Crippen molar-refractivity contribution in [1.29, 1.82) is 0 Å². The number of likely N-dealkylation sites (tertiary alicyclic amines) is 1. The molecule has 9 rings (SSSR count). The number of aromatic nitrogens is 7. The van der Waals surface area contributed by atoms with Crippen molar-refractivity contribution < 1.29 is 27.7 Å². The van der Waals surface area contributed by atoms with Crippen LogP contribution >= 0.6 is 0 Å². The van der Waals surface area contributed by atoms with Crippen LogP contribution in [0.5, 0.6) is 0 Å². The van der Waals surface area contributed by atoms with Gasteiger partial charge in [-0.2, -0.15) is 5.10 Å². The number of hydrogen-bond acceptors (Lipinski definition) is 14. The largest absolute Gasteiger partial charge is 0.383 e. The zero-order chi connectivity index (χ0) is 46.1. The number of nitrogens with two attached hydrogens (primary N) is 1. The number of benzene rings is 1. The lowest BCUT2D eigenvalue weighted by Gasteiger charge is -2.36. The first-order valence-corrected chi connectivity index (χ1v) is 23.5. The molecule has 1 aromatic carbocycles. The van der Waals surface area contributed by atoms with Gasteiger partial charge in [-0.1, -0.05) is 24.4 Å². The molecule has 1 atom stereocenters. The third-order valence-electron chi connectivity index (χ3n) is 13.4. The average molecular weight is 908 g/mol. The lowest BCUT2D eigenvalue weighted by molar-refractivity contribution is -0.134. The number of rotatable bonds is 15.